The maximum Gasteiger partial charge on any atom is 0.222 e. The Hall–Kier alpha value is 0.130. The van der Waals surface area contributed by atoms with E-state index in [9.17, 15) is 4.79 Å². The summed E-state index contributed by atoms with van der Waals surface area (Å²) in [7, 11) is 0. The van der Waals surface area contributed by atoms with E-state index in [0.717, 1.165) is 18.9 Å². The van der Waals surface area contributed by atoms with Gasteiger partial charge in [-0.3, -0.25) is 4.79 Å². The van der Waals surface area contributed by atoms with E-state index in [1.165, 1.54) is 11.5 Å². The number of thioether (sulfide) groups is 2. The molecule has 1 heterocycles. The summed E-state index contributed by atoms with van der Waals surface area (Å²) in [5.74, 6) is 4.27. The SMILES string of the molecule is CC(C)COCCC(=O)NC[C@H]1CSCCS1. The van der Waals surface area contributed by atoms with Crippen LogP contribution in [0, 0.1) is 5.92 Å². The lowest BCUT2D eigenvalue weighted by atomic mass is 10.2. The molecule has 0 radical (unpaired) electrons. The molecule has 0 bridgehead atoms. The van der Waals surface area contributed by atoms with Crippen molar-refractivity contribution in [2.75, 3.05) is 37.0 Å². The molecule has 1 aliphatic heterocycles. The van der Waals surface area contributed by atoms with Crippen molar-refractivity contribution in [3.05, 3.63) is 0 Å². The van der Waals surface area contributed by atoms with Gasteiger partial charge >= 0.3 is 0 Å². The number of rotatable bonds is 7. The molecule has 1 N–H and O–H groups in total. The summed E-state index contributed by atoms with van der Waals surface area (Å²) in [5, 5.41) is 3.58. The predicted octanol–water partition coefficient (Wildman–Crippen LogP) is 2.01. The molecule has 100 valence electrons. The first-order valence-corrected chi connectivity index (χ1v) is 8.42. The van der Waals surface area contributed by atoms with Crippen molar-refractivity contribution < 1.29 is 9.53 Å². The third kappa shape index (κ3) is 7.95. The lowest BCUT2D eigenvalue weighted by molar-refractivity contribution is -0.122. The van der Waals surface area contributed by atoms with Gasteiger partial charge in [0.2, 0.25) is 5.91 Å². The van der Waals surface area contributed by atoms with Gasteiger partial charge in [-0.2, -0.15) is 23.5 Å². The zero-order valence-corrected chi connectivity index (χ0v) is 12.4. The Morgan fingerprint density at radius 2 is 2.29 bits per heavy atom. The number of hydrogen-bond donors (Lipinski definition) is 1. The fourth-order valence-electron chi connectivity index (χ4n) is 1.45. The summed E-state index contributed by atoms with van der Waals surface area (Å²) < 4.78 is 5.39. The van der Waals surface area contributed by atoms with Gasteiger partial charge in [0.15, 0.2) is 0 Å². The lowest BCUT2D eigenvalue weighted by Crippen LogP contribution is -2.33. The fourth-order valence-corrected chi connectivity index (χ4v) is 4.07. The van der Waals surface area contributed by atoms with Crippen LogP contribution in [0.2, 0.25) is 0 Å². The highest BCUT2D eigenvalue weighted by atomic mass is 32.2. The van der Waals surface area contributed by atoms with Crippen LogP contribution >= 0.6 is 23.5 Å². The van der Waals surface area contributed by atoms with Crippen LogP contribution in [-0.4, -0.2) is 48.2 Å². The van der Waals surface area contributed by atoms with Gasteiger partial charge in [-0.1, -0.05) is 13.8 Å². The second-order valence-electron chi connectivity index (χ2n) is 4.59. The Morgan fingerprint density at radius 1 is 1.47 bits per heavy atom. The Balaban J connectivity index is 1.96. The van der Waals surface area contributed by atoms with Crippen LogP contribution in [0.15, 0.2) is 0 Å². The molecule has 0 spiro atoms. The van der Waals surface area contributed by atoms with E-state index >= 15 is 0 Å². The van der Waals surface area contributed by atoms with Crippen molar-refractivity contribution >= 4 is 29.4 Å². The average Bonchev–Trinajstić information content (AvgIpc) is 2.33. The molecular weight excluding hydrogens is 254 g/mol. The van der Waals surface area contributed by atoms with Crippen molar-refractivity contribution in [2.24, 2.45) is 5.92 Å². The van der Waals surface area contributed by atoms with Crippen molar-refractivity contribution in [1.29, 1.82) is 0 Å². The molecule has 1 rings (SSSR count). The molecule has 0 aromatic heterocycles. The number of carbonyl (C=O) groups is 1. The number of ether oxygens (including phenoxy) is 1. The van der Waals surface area contributed by atoms with Crippen LogP contribution in [-0.2, 0) is 9.53 Å². The summed E-state index contributed by atoms with van der Waals surface area (Å²) in [6, 6.07) is 0. The van der Waals surface area contributed by atoms with Crippen molar-refractivity contribution in [3.63, 3.8) is 0 Å². The Morgan fingerprint density at radius 3 is 2.94 bits per heavy atom. The summed E-state index contributed by atoms with van der Waals surface area (Å²) in [5.41, 5.74) is 0. The largest absolute Gasteiger partial charge is 0.381 e. The minimum atomic E-state index is 0.116. The summed E-state index contributed by atoms with van der Waals surface area (Å²) in [4.78, 5) is 11.5. The van der Waals surface area contributed by atoms with E-state index < -0.39 is 0 Å². The second-order valence-corrected chi connectivity index (χ2v) is 7.15. The van der Waals surface area contributed by atoms with E-state index in [1.54, 1.807) is 0 Å². The third-order valence-electron chi connectivity index (χ3n) is 2.34. The minimum absolute atomic E-state index is 0.116. The van der Waals surface area contributed by atoms with Crippen LogP contribution in [0.3, 0.4) is 0 Å². The molecule has 0 aromatic carbocycles. The molecular formula is C12H23NO2S2. The molecule has 0 saturated carbocycles. The fraction of sp³-hybridized carbons (Fsp3) is 0.917. The van der Waals surface area contributed by atoms with Crippen LogP contribution in [0.1, 0.15) is 20.3 Å². The van der Waals surface area contributed by atoms with E-state index in [1.807, 2.05) is 23.5 Å². The molecule has 1 atom stereocenters. The zero-order valence-electron chi connectivity index (χ0n) is 10.7. The van der Waals surface area contributed by atoms with Crippen LogP contribution in [0.5, 0.6) is 0 Å². The van der Waals surface area contributed by atoms with Crippen LogP contribution in [0.4, 0.5) is 0 Å². The van der Waals surface area contributed by atoms with Gasteiger partial charge in [0.25, 0.3) is 0 Å². The first-order valence-electron chi connectivity index (χ1n) is 6.22. The first-order chi connectivity index (χ1) is 8.18. The van der Waals surface area contributed by atoms with E-state index in [-0.39, 0.29) is 5.91 Å². The Labute approximate surface area is 113 Å². The topological polar surface area (TPSA) is 38.3 Å². The van der Waals surface area contributed by atoms with Gasteiger partial charge in [-0.05, 0) is 5.92 Å². The van der Waals surface area contributed by atoms with Gasteiger partial charge in [0.1, 0.15) is 0 Å². The second kappa shape index (κ2) is 9.11. The molecule has 0 aliphatic carbocycles. The van der Waals surface area contributed by atoms with Gasteiger partial charge in [0.05, 0.1) is 6.61 Å². The van der Waals surface area contributed by atoms with Crippen molar-refractivity contribution in [2.45, 2.75) is 25.5 Å². The smallest absolute Gasteiger partial charge is 0.222 e. The van der Waals surface area contributed by atoms with Crippen molar-refractivity contribution in [3.8, 4) is 0 Å². The third-order valence-corrected chi connectivity index (χ3v) is 5.18. The van der Waals surface area contributed by atoms with Crippen LogP contribution < -0.4 is 5.32 Å². The molecule has 1 saturated heterocycles. The molecule has 17 heavy (non-hydrogen) atoms. The Bertz CT molecular complexity index is 219. The van der Waals surface area contributed by atoms with Gasteiger partial charge in [0, 0.05) is 42.1 Å². The van der Waals surface area contributed by atoms with E-state index in [2.05, 4.69) is 19.2 Å². The maximum absolute atomic E-state index is 11.5. The number of amides is 1. The minimum Gasteiger partial charge on any atom is -0.381 e. The number of hydrogen-bond acceptors (Lipinski definition) is 4. The zero-order chi connectivity index (χ0) is 12.5. The molecule has 0 aromatic rings. The summed E-state index contributed by atoms with van der Waals surface area (Å²) in [6.07, 6.45) is 0.483. The molecule has 5 heteroatoms. The van der Waals surface area contributed by atoms with Gasteiger partial charge in [-0.15, -0.1) is 0 Å². The first kappa shape index (κ1) is 15.2. The van der Waals surface area contributed by atoms with E-state index in [4.69, 9.17) is 4.74 Å². The van der Waals surface area contributed by atoms with E-state index in [0.29, 0.717) is 24.2 Å². The molecule has 1 aliphatic rings. The highest BCUT2D eigenvalue weighted by Crippen LogP contribution is 2.23. The number of carbonyl (C=O) groups excluding carboxylic acids is 1. The van der Waals surface area contributed by atoms with Crippen molar-refractivity contribution in [1.82, 2.24) is 5.32 Å². The standard InChI is InChI=1S/C12H23NO2S2/c1-10(2)8-15-4-3-12(14)13-7-11-9-16-5-6-17-11/h10-11H,3-9H2,1-2H3,(H,13,14)/t11-/m0/s1. The highest BCUT2D eigenvalue weighted by Gasteiger charge is 2.14. The summed E-state index contributed by atoms with van der Waals surface area (Å²) >= 11 is 3.95. The highest BCUT2D eigenvalue weighted by molar-refractivity contribution is 8.06. The monoisotopic (exact) mass is 277 g/mol. The van der Waals surface area contributed by atoms with Gasteiger partial charge < -0.3 is 10.1 Å². The quantitative estimate of drug-likeness (QED) is 0.723. The lowest BCUT2D eigenvalue weighted by Gasteiger charge is -2.21. The normalized spacial score (nSPS) is 20.5. The molecule has 1 amide bonds. The number of nitrogens with one attached hydrogen (secondary N) is 1. The average molecular weight is 277 g/mol. The molecule has 1 fully saturated rings. The van der Waals surface area contributed by atoms with Crippen LogP contribution in [0.25, 0.3) is 0 Å². The Kier molecular flexibility index (Phi) is 8.14. The summed E-state index contributed by atoms with van der Waals surface area (Å²) in [6.45, 7) is 6.30. The van der Waals surface area contributed by atoms with Gasteiger partial charge in [-0.25, -0.2) is 0 Å². The molecule has 3 nitrogen and oxygen atoms in total. The predicted molar refractivity (Wildman–Crippen MR) is 76.9 cm³/mol. The molecule has 0 unspecified atom stereocenters. The maximum atomic E-state index is 11.5.